The van der Waals surface area contributed by atoms with Gasteiger partial charge in [0.1, 0.15) is 0 Å². The number of hydrogen-bond acceptors (Lipinski definition) is 4. The molecule has 116 valence electrons. The summed E-state index contributed by atoms with van der Waals surface area (Å²) < 4.78 is 10.9. The molecule has 1 heterocycles. The van der Waals surface area contributed by atoms with E-state index in [1.54, 1.807) is 7.11 Å². The molecule has 0 bridgehead atoms. The van der Waals surface area contributed by atoms with Crippen LogP contribution in [-0.4, -0.2) is 43.7 Å². The van der Waals surface area contributed by atoms with Crippen LogP contribution in [0.25, 0.3) is 0 Å². The van der Waals surface area contributed by atoms with Crippen LogP contribution in [0.15, 0.2) is 18.2 Å². The summed E-state index contributed by atoms with van der Waals surface area (Å²) in [6.07, 6.45) is 2.95. The van der Waals surface area contributed by atoms with Gasteiger partial charge in [-0.25, -0.2) is 0 Å². The number of rotatable bonds is 6. The molecule has 1 aromatic rings. The first-order valence-corrected chi connectivity index (χ1v) is 7.43. The molecule has 0 radical (unpaired) electrons. The third-order valence-corrected chi connectivity index (χ3v) is 3.60. The second-order valence-corrected chi connectivity index (χ2v) is 5.54. The van der Waals surface area contributed by atoms with E-state index < -0.39 is 0 Å². The fourth-order valence-electron chi connectivity index (χ4n) is 2.53. The molecule has 1 unspecified atom stereocenters. The molecule has 1 saturated heterocycles. The fourth-order valence-corrected chi connectivity index (χ4v) is 2.53. The number of nitrogens with zero attached hydrogens (tertiary/aromatic N) is 1. The van der Waals surface area contributed by atoms with Crippen LogP contribution in [0.2, 0.25) is 0 Å². The number of amides is 1. The maximum Gasteiger partial charge on any atom is 0.260 e. The number of ether oxygens (including phenoxy) is 2. The molecule has 2 rings (SSSR count). The second kappa shape index (κ2) is 7.31. The smallest absolute Gasteiger partial charge is 0.260 e. The van der Waals surface area contributed by atoms with E-state index in [1.807, 2.05) is 30.0 Å². The average Bonchev–Trinajstić information content (AvgIpc) is 2.99. The number of hydrogen-bond donors (Lipinski definition) is 1. The van der Waals surface area contributed by atoms with Crippen molar-refractivity contribution in [2.45, 2.75) is 32.2 Å². The normalized spacial score (nSPS) is 15.9. The molecule has 21 heavy (non-hydrogen) atoms. The highest BCUT2D eigenvalue weighted by molar-refractivity contribution is 5.78. The summed E-state index contributed by atoms with van der Waals surface area (Å²) >= 11 is 0. The van der Waals surface area contributed by atoms with Gasteiger partial charge >= 0.3 is 0 Å². The van der Waals surface area contributed by atoms with E-state index in [4.69, 9.17) is 15.2 Å². The highest BCUT2D eigenvalue weighted by atomic mass is 16.5. The molecule has 0 spiro atoms. The van der Waals surface area contributed by atoms with E-state index in [-0.39, 0.29) is 18.6 Å². The molecule has 1 aromatic carbocycles. The van der Waals surface area contributed by atoms with Gasteiger partial charge in [-0.05, 0) is 43.9 Å². The number of likely N-dealkylation sites (tertiary alicyclic amines) is 1. The Morgan fingerprint density at radius 2 is 2.05 bits per heavy atom. The number of benzene rings is 1. The van der Waals surface area contributed by atoms with Crippen molar-refractivity contribution < 1.29 is 14.3 Å². The monoisotopic (exact) mass is 292 g/mol. The van der Waals surface area contributed by atoms with Crippen molar-refractivity contribution in [3.8, 4) is 11.5 Å². The van der Waals surface area contributed by atoms with E-state index in [1.165, 1.54) is 0 Å². The Morgan fingerprint density at radius 3 is 2.67 bits per heavy atom. The summed E-state index contributed by atoms with van der Waals surface area (Å²) in [6, 6.07) is 5.81. The molecule has 1 amide bonds. The zero-order valence-electron chi connectivity index (χ0n) is 12.8. The number of nitrogens with two attached hydrogens (primary N) is 1. The van der Waals surface area contributed by atoms with Crippen molar-refractivity contribution in [1.29, 1.82) is 0 Å². The molecule has 5 nitrogen and oxygen atoms in total. The largest absolute Gasteiger partial charge is 0.493 e. The third kappa shape index (κ3) is 4.36. The summed E-state index contributed by atoms with van der Waals surface area (Å²) in [5.74, 6) is 1.27. The molecule has 0 aromatic heterocycles. The maximum atomic E-state index is 12.0. The highest BCUT2D eigenvalue weighted by Crippen LogP contribution is 2.28. The van der Waals surface area contributed by atoms with Crippen molar-refractivity contribution in [3.05, 3.63) is 23.8 Å². The van der Waals surface area contributed by atoms with Gasteiger partial charge in [-0.2, -0.15) is 0 Å². The maximum absolute atomic E-state index is 12.0. The Labute approximate surface area is 126 Å². The predicted octanol–water partition coefficient (Wildman–Crippen LogP) is 1.59. The SMILES string of the molecule is COc1cc(CC(C)N)ccc1OCC(=O)N1CCCC1. The van der Waals surface area contributed by atoms with Crippen molar-refractivity contribution in [2.75, 3.05) is 26.8 Å². The summed E-state index contributed by atoms with van der Waals surface area (Å²) in [6.45, 7) is 3.70. The Bertz CT molecular complexity index is 482. The van der Waals surface area contributed by atoms with E-state index in [9.17, 15) is 4.79 Å². The van der Waals surface area contributed by atoms with Crippen molar-refractivity contribution in [3.63, 3.8) is 0 Å². The van der Waals surface area contributed by atoms with Crippen molar-refractivity contribution >= 4 is 5.91 Å². The average molecular weight is 292 g/mol. The number of methoxy groups -OCH3 is 1. The summed E-state index contributed by atoms with van der Waals surface area (Å²) in [5.41, 5.74) is 6.90. The lowest BCUT2D eigenvalue weighted by Crippen LogP contribution is -2.32. The van der Waals surface area contributed by atoms with E-state index in [0.717, 1.165) is 37.9 Å². The van der Waals surface area contributed by atoms with Crippen LogP contribution in [0, 0.1) is 0 Å². The lowest BCUT2D eigenvalue weighted by molar-refractivity contribution is -0.132. The van der Waals surface area contributed by atoms with E-state index >= 15 is 0 Å². The van der Waals surface area contributed by atoms with Crippen molar-refractivity contribution in [2.24, 2.45) is 5.73 Å². The first kappa shape index (κ1) is 15.6. The Hall–Kier alpha value is -1.75. The first-order valence-electron chi connectivity index (χ1n) is 7.43. The minimum absolute atomic E-state index is 0.0363. The van der Waals surface area contributed by atoms with Gasteiger partial charge in [-0.3, -0.25) is 4.79 Å². The lowest BCUT2D eigenvalue weighted by Gasteiger charge is -2.17. The van der Waals surface area contributed by atoms with Crippen LogP contribution in [0.3, 0.4) is 0 Å². The second-order valence-electron chi connectivity index (χ2n) is 5.54. The zero-order valence-corrected chi connectivity index (χ0v) is 12.8. The fraction of sp³-hybridized carbons (Fsp3) is 0.562. The van der Waals surface area contributed by atoms with E-state index in [2.05, 4.69) is 0 Å². The Morgan fingerprint density at radius 1 is 1.33 bits per heavy atom. The van der Waals surface area contributed by atoms with Gasteiger partial charge in [0.15, 0.2) is 18.1 Å². The zero-order chi connectivity index (χ0) is 15.2. The number of carbonyl (C=O) groups excluding carboxylic acids is 1. The van der Waals surface area contributed by atoms with Crippen LogP contribution >= 0.6 is 0 Å². The molecule has 1 fully saturated rings. The first-order chi connectivity index (χ1) is 10.1. The van der Waals surface area contributed by atoms with Gasteiger partial charge in [0, 0.05) is 19.1 Å². The molecule has 0 aliphatic carbocycles. The molecule has 0 saturated carbocycles. The van der Waals surface area contributed by atoms with Gasteiger partial charge in [-0.1, -0.05) is 6.07 Å². The molecule has 1 aliphatic heterocycles. The molecule has 1 atom stereocenters. The molecule has 5 heteroatoms. The van der Waals surface area contributed by atoms with Gasteiger partial charge in [0.25, 0.3) is 5.91 Å². The summed E-state index contributed by atoms with van der Waals surface area (Å²) in [5, 5.41) is 0. The van der Waals surface area contributed by atoms with Crippen LogP contribution < -0.4 is 15.2 Å². The minimum atomic E-state index is 0.0363. The quantitative estimate of drug-likeness (QED) is 0.864. The van der Waals surface area contributed by atoms with Crippen LogP contribution in [0.1, 0.15) is 25.3 Å². The van der Waals surface area contributed by atoms with E-state index in [0.29, 0.717) is 11.5 Å². The molecule has 1 aliphatic rings. The Kier molecular flexibility index (Phi) is 5.44. The summed E-state index contributed by atoms with van der Waals surface area (Å²) in [7, 11) is 1.60. The predicted molar refractivity (Wildman–Crippen MR) is 81.7 cm³/mol. The molecule has 2 N–H and O–H groups in total. The minimum Gasteiger partial charge on any atom is -0.493 e. The van der Waals surface area contributed by atoms with Gasteiger partial charge < -0.3 is 20.1 Å². The Balaban J connectivity index is 1.97. The summed E-state index contributed by atoms with van der Waals surface area (Å²) in [4.78, 5) is 13.8. The third-order valence-electron chi connectivity index (χ3n) is 3.60. The molecular formula is C16H24N2O3. The van der Waals surface area contributed by atoms with Crippen LogP contribution in [-0.2, 0) is 11.2 Å². The lowest BCUT2D eigenvalue weighted by atomic mass is 10.1. The van der Waals surface area contributed by atoms with Crippen LogP contribution in [0.5, 0.6) is 11.5 Å². The highest BCUT2D eigenvalue weighted by Gasteiger charge is 2.18. The van der Waals surface area contributed by atoms with Gasteiger partial charge in [-0.15, -0.1) is 0 Å². The standard InChI is InChI=1S/C16H24N2O3/c1-12(17)9-13-5-6-14(15(10-13)20-2)21-11-16(19)18-7-3-4-8-18/h5-6,10,12H,3-4,7-9,11,17H2,1-2H3. The van der Waals surface area contributed by atoms with Gasteiger partial charge in [0.2, 0.25) is 0 Å². The topological polar surface area (TPSA) is 64.8 Å². The molecular weight excluding hydrogens is 268 g/mol. The number of carbonyl (C=O) groups is 1. The van der Waals surface area contributed by atoms with Gasteiger partial charge in [0.05, 0.1) is 7.11 Å². The van der Waals surface area contributed by atoms with Crippen molar-refractivity contribution in [1.82, 2.24) is 4.90 Å². The van der Waals surface area contributed by atoms with Crippen LogP contribution in [0.4, 0.5) is 0 Å².